The van der Waals surface area contributed by atoms with E-state index in [0.717, 1.165) is 30.8 Å². The highest BCUT2D eigenvalue weighted by Crippen LogP contribution is 2.24. The molecule has 0 bridgehead atoms. The van der Waals surface area contributed by atoms with Crippen LogP contribution in [0.1, 0.15) is 16.8 Å². The van der Waals surface area contributed by atoms with Gasteiger partial charge in [-0.05, 0) is 17.9 Å². The Morgan fingerprint density at radius 2 is 2.17 bits per heavy atom. The molecule has 0 saturated heterocycles. The molecule has 1 aliphatic rings. The van der Waals surface area contributed by atoms with Crippen molar-refractivity contribution in [3.8, 4) is 0 Å². The van der Waals surface area contributed by atoms with E-state index in [-0.39, 0.29) is 5.56 Å². The minimum atomic E-state index is 0.00645. The zero-order valence-electron chi connectivity index (χ0n) is 13.9. The van der Waals surface area contributed by atoms with Crippen LogP contribution in [0.5, 0.6) is 0 Å². The number of nitrogens with zero attached hydrogens (tertiary/aromatic N) is 3. The van der Waals surface area contributed by atoms with Gasteiger partial charge in [0.05, 0.1) is 11.3 Å². The van der Waals surface area contributed by atoms with Crippen LogP contribution in [0.25, 0.3) is 10.9 Å². The molecule has 0 radical (unpaired) electrons. The first kappa shape index (κ1) is 15.5. The van der Waals surface area contributed by atoms with Gasteiger partial charge in [-0.2, -0.15) is 0 Å². The van der Waals surface area contributed by atoms with Crippen molar-refractivity contribution in [3.63, 3.8) is 0 Å². The lowest BCUT2D eigenvalue weighted by atomic mass is 10.1. The van der Waals surface area contributed by atoms with E-state index in [0.29, 0.717) is 11.7 Å². The number of aromatic amines is 1. The summed E-state index contributed by atoms with van der Waals surface area (Å²) in [4.78, 5) is 22.1. The van der Waals surface area contributed by atoms with Crippen LogP contribution < -0.4 is 5.56 Å². The van der Waals surface area contributed by atoms with Gasteiger partial charge in [0.15, 0.2) is 5.16 Å². The van der Waals surface area contributed by atoms with Gasteiger partial charge in [0.1, 0.15) is 0 Å². The lowest BCUT2D eigenvalue weighted by Gasteiger charge is -2.27. The van der Waals surface area contributed by atoms with Crippen LogP contribution in [0.3, 0.4) is 0 Å². The summed E-state index contributed by atoms with van der Waals surface area (Å²) in [5, 5.41) is 2.00. The molecule has 5 nitrogen and oxygen atoms in total. The zero-order chi connectivity index (χ0) is 16.7. The lowest BCUT2D eigenvalue weighted by Crippen LogP contribution is -2.35. The summed E-state index contributed by atoms with van der Waals surface area (Å²) in [6, 6.07) is 8.46. The molecule has 124 valence electrons. The molecule has 24 heavy (non-hydrogen) atoms. The van der Waals surface area contributed by atoms with Gasteiger partial charge in [-0.1, -0.05) is 30.0 Å². The number of aryl methyl sites for hydroxylation is 1. The summed E-state index contributed by atoms with van der Waals surface area (Å²) in [7, 11) is 2.08. The molecule has 0 atom stereocenters. The molecule has 2 aromatic heterocycles. The summed E-state index contributed by atoms with van der Waals surface area (Å²) < 4.78 is 2.17. The fourth-order valence-electron chi connectivity index (χ4n) is 3.48. The Hall–Kier alpha value is -2.05. The molecule has 0 unspecified atom stereocenters. The number of hydrogen-bond donors (Lipinski definition) is 1. The first-order valence-corrected chi connectivity index (χ1v) is 9.29. The molecule has 1 aliphatic heterocycles. The topological polar surface area (TPSA) is 53.9 Å². The van der Waals surface area contributed by atoms with Crippen LogP contribution >= 0.6 is 11.8 Å². The molecule has 0 fully saturated rings. The van der Waals surface area contributed by atoms with E-state index in [1.165, 1.54) is 28.2 Å². The van der Waals surface area contributed by atoms with Crippen molar-refractivity contribution in [1.82, 2.24) is 19.4 Å². The smallest absolute Gasteiger partial charge is 0.256 e. The molecular weight excluding hydrogens is 320 g/mol. The SMILES string of the molecule is CSc1nc2c(c(=O)[nH]1)CN(Cc1cn(C)c3ccccc13)CC2. The Morgan fingerprint density at radius 1 is 1.33 bits per heavy atom. The highest BCUT2D eigenvalue weighted by molar-refractivity contribution is 7.98. The lowest BCUT2D eigenvalue weighted by molar-refractivity contribution is 0.241. The van der Waals surface area contributed by atoms with Gasteiger partial charge in [0.2, 0.25) is 0 Å². The second-order valence-electron chi connectivity index (χ2n) is 6.24. The second-order valence-corrected chi connectivity index (χ2v) is 7.04. The van der Waals surface area contributed by atoms with Crippen molar-refractivity contribution in [3.05, 3.63) is 57.6 Å². The van der Waals surface area contributed by atoms with Crippen molar-refractivity contribution >= 4 is 22.7 Å². The van der Waals surface area contributed by atoms with Crippen molar-refractivity contribution in [2.75, 3.05) is 12.8 Å². The number of benzene rings is 1. The first-order chi connectivity index (χ1) is 11.7. The molecule has 1 aromatic carbocycles. The number of para-hydroxylation sites is 1. The number of aromatic nitrogens is 3. The first-order valence-electron chi connectivity index (χ1n) is 8.07. The van der Waals surface area contributed by atoms with Crippen LogP contribution in [0, 0.1) is 0 Å². The average molecular weight is 340 g/mol. The van der Waals surface area contributed by atoms with E-state index >= 15 is 0 Å². The van der Waals surface area contributed by atoms with Crippen molar-refractivity contribution < 1.29 is 0 Å². The van der Waals surface area contributed by atoms with E-state index in [1.807, 2.05) is 6.26 Å². The Bertz CT molecular complexity index is 959. The third kappa shape index (κ3) is 2.65. The van der Waals surface area contributed by atoms with Gasteiger partial charge >= 0.3 is 0 Å². The molecule has 3 heterocycles. The standard InChI is InChI=1S/C18H20N4OS/c1-21-9-12(13-5-3-4-6-16(13)21)10-22-8-7-15-14(11-22)17(23)20-18(19-15)24-2/h3-6,9H,7-8,10-11H2,1-2H3,(H,19,20,23). The largest absolute Gasteiger partial charge is 0.350 e. The van der Waals surface area contributed by atoms with Crippen LogP contribution in [0.15, 0.2) is 40.4 Å². The normalized spacial score (nSPS) is 14.9. The summed E-state index contributed by atoms with van der Waals surface area (Å²) in [5.74, 6) is 0. The van der Waals surface area contributed by atoms with E-state index in [2.05, 4.69) is 56.9 Å². The fraction of sp³-hybridized carbons (Fsp3) is 0.333. The summed E-state index contributed by atoms with van der Waals surface area (Å²) in [6.45, 7) is 2.44. The number of rotatable bonds is 3. The van der Waals surface area contributed by atoms with Crippen LogP contribution in [-0.4, -0.2) is 32.2 Å². The number of hydrogen-bond acceptors (Lipinski definition) is 4. The predicted molar refractivity (Wildman–Crippen MR) is 97.4 cm³/mol. The highest BCUT2D eigenvalue weighted by atomic mass is 32.2. The minimum Gasteiger partial charge on any atom is -0.350 e. The molecule has 3 aromatic rings. The fourth-order valence-corrected chi connectivity index (χ4v) is 3.88. The van der Waals surface area contributed by atoms with E-state index in [4.69, 9.17) is 0 Å². The molecule has 0 saturated carbocycles. The monoisotopic (exact) mass is 340 g/mol. The Kier molecular flexibility index (Phi) is 3.94. The van der Waals surface area contributed by atoms with E-state index < -0.39 is 0 Å². The molecule has 4 rings (SSSR count). The van der Waals surface area contributed by atoms with Crippen molar-refractivity contribution in [1.29, 1.82) is 0 Å². The van der Waals surface area contributed by atoms with Crippen LogP contribution in [0.4, 0.5) is 0 Å². The number of nitrogens with one attached hydrogen (secondary N) is 1. The van der Waals surface area contributed by atoms with Gasteiger partial charge in [-0.25, -0.2) is 4.98 Å². The third-order valence-corrected chi connectivity index (χ3v) is 5.27. The predicted octanol–water partition coefficient (Wildman–Crippen LogP) is 2.54. The maximum Gasteiger partial charge on any atom is 0.256 e. The van der Waals surface area contributed by atoms with Gasteiger partial charge < -0.3 is 9.55 Å². The van der Waals surface area contributed by atoms with Crippen molar-refractivity contribution in [2.24, 2.45) is 7.05 Å². The molecule has 0 spiro atoms. The molecule has 0 aliphatic carbocycles. The van der Waals surface area contributed by atoms with E-state index in [9.17, 15) is 4.79 Å². The average Bonchev–Trinajstić information content (AvgIpc) is 2.91. The van der Waals surface area contributed by atoms with E-state index in [1.54, 1.807) is 0 Å². The second kappa shape index (κ2) is 6.11. The zero-order valence-corrected chi connectivity index (χ0v) is 14.7. The number of thioether (sulfide) groups is 1. The van der Waals surface area contributed by atoms with Crippen LogP contribution in [-0.2, 0) is 26.6 Å². The van der Waals surface area contributed by atoms with Gasteiger partial charge in [0, 0.05) is 50.2 Å². The summed E-state index contributed by atoms with van der Waals surface area (Å²) >= 11 is 1.48. The maximum atomic E-state index is 12.3. The van der Waals surface area contributed by atoms with Crippen LogP contribution in [0.2, 0.25) is 0 Å². The Balaban J connectivity index is 1.62. The summed E-state index contributed by atoms with van der Waals surface area (Å²) in [6.07, 6.45) is 4.96. The number of H-pyrrole nitrogens is 1. The van der Waals surface area contributed by atoms with Gasteiger partial charge in [-0.3, -0.25) is 9.69 Å². The third-order valence-electron chi connectivity index (χ3n) is 4.69. The van der Waals surface area contributed by atoms with Gasteiger partial charge in [-0.15, -0.1) is 0 Å². The quantitative estimate of drug-likeness (QED) is 0.588. The molecule has 0 amide bonds. The van der Waals surface area contributed by atoms with Gasteiger partial charge in [0.25, 0.3) is 5.56 Å². The highest BCUT2D eigenvalue weighted by Gasteiger charge is 2.22. The summed E-state index contributed by atoms with van der Waals surface area (Å²) in [5.41, 5.74) is 4.33. The molecule has 1 N–H and O–H groups in total. The Morgan fingerprint density at radius 3 is 3.00 bits per heavy atom. The molecular formula is C18H20N4OS. The molecule has 6 heteroatoms. The Labute approximate surface area is 144 Å². The minimum absolute atomic E-state index is 0.00645. The number of fused-ring (bicyclic) bond motifs is 2. The van der Waals surface area contributed by atoms with Crippen molar-refractivity contribution in [2.45, 2.75) is 24.7 Å². The maximum absolute atomic E-state index is 12.3.